The van der Waals surface area contributed by atoms with Crippen molar-refractivity contribution in [2.45, 2.75) is 37.5 Å². The maximum Gasteiger partial charge on any atom is 0.259 e. The standard InChI is InChI=1S/C22H18N4O3/c27-21(24-18-11-17(25-28-18)12-4-2-1-3-5-12)15-10-16(13-6-7-13)23-22-19(15)20(26-29-22)14-8-9-14/h1-5,10-11,13-14H,6-9H2,(H,24,27). The summed E-state index contributed by atoms with van der Waals surface area (Å²) in [6, 6.07) is 13.3. The van der Waals surface area contributed by atoms with Gasteiger partial charge in [-0.25, -0.2) is 4.98 Å². The zero-order chi connectivity index (χ0) is 19.4. The molecule has 0 atom stereocenters. The largest absolute Gasteiger partial charge is 0.338 e. The van der Waals surface area contributed by atoms with Crippen LogP contribution >= 0.6 is 0 Å². The lowest BCUT2D eigenvalue weighted by molar-refractivity contribution is 0.102. The molecule has 6 rings (SSSR count). The number of anilines is 1. The Morgan fingerprint density at radius 1 is 0.966 bits per heavy atom. The third-order valence-electron chi connectivity index (χ3n) is 5.51. The normalized spacial score (nSPS) is 16.3. The van der Waals surface area contributed by atoms with E-state index in [0.717, 1.165) is 48.0 Å². The van der Waals surface area contributed by atoms with Crippen LogP contribution in [0.4, 0.5) is 5.88 Å². The van der Waals surface area contributed by atoms with E-state index in [9.17, 15) is 4.79 Å². The Balaban J connectivity index is 1.36. The average Bonchev–Trinajstić information content (AvgIpc) is 3.68. The Morgan fingerprint density at radius 2 is 1.76 bits per heavy atom. The van der Waals surface area contributed by atoms with Crippen LogP contribution in [0.5, 0.6) is 0 Å². The fraction of sp³-hybridized carbons (Fsp3) is 0.273. The molecule has 7 nitrogen and oxygen atoms in total. The van der Waals surface area contributed by atoms with Gasteiger partial charge in [0.05, 0.1) is 16.6 Å². The Kier molecular flexibility index (Phi) is 3.56. The van der Waals surface area contributed by atoms with Gasteiger partial charge in [0.1, 0.15) is 5.69 Å². The zero-order valence-electron chi connectivity index (χ0n) is 15.6. The second kappa shape index (κ2) is 6.27. The third-order valence-corrected chi connectivity index (χ3v) is 5.51. The topological polar surface area (TPSA) is 94.1 Å². The van der Waals surface area contributed by atoms with E-state index >= 15 is 0 Å². The van der Waals surface area contributed by atoms with E-state index in [2.05, 4.69) is 20.6 Å². The number of pyridine rings is 1. The van der Waals surface area contributed by atoms with Gasteiger partial charge in [-0.05, 0) is 31.7 Å². The Hall–Kier alpha value is -3.48. The van der Waals surface area contributed by atoms with Crippen LogP contribution in [0.2, 0.25) is 0 Å². The smallest absolute Gasteiger partial charge is 0.259 e. The summed E-state index contributed by atoms with van der Waals surface area (Å²) in [6.45, 7) is 0. The van der Waals surface area contributed by atoms with E-state index in [1.54, 1.807) is 6.07 Å². The van der Waals surface area contributed by atoms with Crippen LogP contribution < -0.4 is 5.32 Å². The summed E-state index contributed by atoms with van der Waals surface area (Å²) < 4.78 is 10.8. The summed E-state index contributed by atoms with van der Waals surface area (Å²) in [6.07, 6.45) is 4.31. The SMILES string of the molecule is O=C(Nc1cc(-c2ccccc2)no1)c1cc(C2CC2)nc2onc(C3CC3)c12. The van der Waals surface area contributed by atoms with E-state index in [1.807, 2.05) is 36.4 Å². The number of fused-ring (bicyclic) bond motifs is 1. The number of nitrogens with one attached hydrogen (secondary N) is 1. The molecule has 0 saturated heterocycles. The van der Waals surface area contributed by atoms with Crippen molar-refractivity contribution < 1.29 is 13.8 Å². The molecule has 0 spiro atoms. The van der Waals surface area contributed by atoms with Gasteiger partial charge < -0.3 is 9.05 Å². The van der Waals surface area contributed by atoms with Gasteiger partial charge in [0, 0.05) is 29.2 Å². The van der Waals surface area contributed by atoms with Gasteiger partial charge in [-0.1, -0.05) is 40.6 Å². The number of nitrogens with zero attached hydrogens (tertiary/aromatic N) is 3. The van der Waals surface area contributed by atoms with E-state index in [0.29, 0.717) is 34.7 Å². The lowest BCUT2D eigenvalue weighted by Crippen LogP contribution is -2.13. The van der Waals surface area contributed by atoms with Gasteiger partial charge in [0.2, 0.25) is 5.88 Å². The number of rotatable bonds is 5. The number of amides is 1. The third kappa shape index (κ3) is 2.99. The molecule has 3 heterocycles. The van der Waals surface area contributed by atoms with Crippen LogP contribution in [0.25, 0.3) is 22.4 Å². The number of benzene rings is 1. The molecule has 3 aromatic heterocycles. The molecule has 7 heteroatoms. The fourth-order valence-electron chi connectivity index (χ4n) is 3.65. The molecule has 0 bridgehead atoms. The number of carbonyl (C=O) groups is 1. The molecule has 1 aromatic carbocycles. The second-order valence-electron chi connectivity index (χ2n) is 7.79. The summed E-state index contributed by atoms with van der Waals surface area (Å²) in [4.78, 5) is 17.8. The molecule has 2 aliphatic carbocycles. The maximum absolute atomic E-state index is 13.2. The lowest BCUT2D eigenvalue weighted by atomic mass is 10.1. The van der Waals surface area contributed by atoms with Crippen molar-refractivity contribution >= 4 is 22.9 Å². The molecular weight excluding hydrogens is 368 g/mol. The fourth-order valence-corrected chi connectivity index (χ4v) is 3.65. The van der Waals surface area contributed by atoms with E-state index < -0.39 is 0 Å². The van der Waals surface area contributed by atoms with Gasteiger partial charge >= 0.3 is 0 Å². The van der Waals surface area contributed by atoms with Gasteiger partial charge in [-0.2, -0.15) is 0 Å². The molecule has 144 valence electrons. The predicted octanol–water partition coefficient (Wildman–Crippen LogP) is 4.88. The van der Waals surface area contributed by atoms with Crippen LogP contribution in [0.3, 0.4) is 0 Å². The average molecular weight is 386 g/mol. The minimum absolute atomic E-state index is 0.264. The molecule has 1 N–H and O–H groups in total. The predicted molar refractivity (Wildman–Crippen MR) is 106 cm³/mol. The zero-order valence-corrected chi connectivity index (χ0v) is 15.6. The minimum Gasteiger partial charge on any atom is -0.338 e. The monoisotopic (exact) mass is 386 g/mol. The highest BCUT2D eigenvalue weighted by Crippen LogP contribution is 2.45. The van der Waals surface area contributed by atoms with Crippen LogP contribution in [0.1, 0.15) is 59.3 Å². The number of aromatic nitrogens is 3. The minimum atomic E-state index is -0.264. The molecule has 2 saturated carbocycles. The summed E-state index contributed by atoms with van der Waals surface area (Å²) in [7, 11) is 0. The first-order valence-corrected chi connectivity index (χ1v) is 9.90. The van der Waals surface area contributed by atoms with Crippen molar-refractivity contribution in [1.29, 1.82) is 0 Å². The molecule has 2 aliphatic rings. The van der Waals surface area contributed by atoms with Gasteiger partial charge in [0.15, 0.2) is 0 Å². The highest BCUT2D eigenvalue weighted by Gasteiger charge is 2.34. The van der Waals surface area contributed by atoms with E-state index in [-0.39, 0.29) is 5.91 Å². The Bertz CT molecular complexity index is 1220. The molecular formula is C22H18N4O3. The van der Waals surface area contributed by atoms with Crippen molar-refractivity contribution in [1.82, 2.24) is 15.3 Å². The van der Waals surface area contributed by atoms with Crippen LogP contribution in [0, 0.1) is 0 Å². The Labute approximate surface area is 166 Å². The first-order valence-electron chi connectivity index (χ1n) is 9.90. The van der Waals surface area contributed by atoms with E-state index in [1.165, 1.54) is 0 Å². The first-order chi connectivity index (χ1) is 14.3. The van der Waals surface area contributed by atoms with Crippen LogP contribution in [-0.4, -0.2) is 21.2 Å². The summed E-state index contributed by atoms with van der Waals surface area (Å²) in [5.74, 6) is 0.790. The number of hydrogen-bond donors (Lipinski definition) is 1. The van der Waals surface area contributed by atoms with Crippen molar-refractivity contribution in [2.75, 3.05) is 5.32 Å². The van der Waals surface area contributed by atoms with Gasteiger partial charge in [0.25, 0.3) is 11.6 Å². The molecule has 1 amide bonds. The van der Waals surface area contributed by atoms with Crippen molar-refractivity contribution in [3.05, 3.63) is 59.4 Å². The van der Waals surface area contributed by atoms with E-state index in [4.69, 9.17) is 9.05 Å². The lowest BCUT2D eigenvalue weighted by Gasteiger charge is -2.06. The van der Waals surface area contributed by atoms with Crippen molar-refractivity contribution in [3.63, 3.8) is 0 Å². The van der Waals surface area contributed by atoms with Crippen molar-refractivity contribution in [2.24, 2.45) is 0 Å². The Morgan fingerprint density at radius 3 is 2.52 bits per heavy atom. The summed E-state index contributed by atoms with van der Waals surface area (Å²) >= 11 is 0. The quantitative estimate of drug-likeness (QED) is 0.525. The number of carbonyl (C=O) groups excluding carboxylic acids is 1. The highest BCUT2D eigenvalue weighted by atomic mass is 16.5. The number of hydrogen-bond acceptors (Lipinski definition) is 6. The van der Waals surface area contributed by atoms with Crippen molar-refractivity contribution in [3.8, 4) is 11.3 Å². The van der Waals surface area contributed by atoms with Crippen LogP contribution in [-0.2, 0) is 0 Å². The molecule has 0 radical (unpaired) electrons. The molecule has 0 aliphatic heterocycles. The second-order valence-corrected chi connectivity index (χ2v) is 7.79. The van der Waals surface area contributed by atoms with Crippen LogP contribution in [0.15, 0.2) is 51.5 Å². The summed E-state index contributed by atoms with van der Waals surface area (Å²) in [5, 5.41) is 11.8. The summed E-state index contributed by atoms with van der Waals surface area (Å²) in [5.41, 5.74) is 4.31. The highest BCUT2D eigenvalue weighted by molar-refractivity contribution is 6.12. The maximum atomic E-state index is 13.2. The molecule has 0 unspecified atom stereocenters. The molecule has 4 aromatic rings. The van der Waals surface area contributed by atoms with Gasteiger partial charge in [-0.15, -0.1) is 0 Å². The molecule has 2 fully saturated rings. The molecule has 29 heavy (non-hydrogen) atoms. The van der Waals surface area contributed by atoms with Gasteiger partial charge in [-0.3, -0.25) is 10.1 Å². The first kappa shape index (κ1) is 16.5.